The highest BCUT2D eigenvalue weighted by Crippen LogP contribution is 2.29. The van der Waals surface area contributed by atoms with E-state index in [2.05, 4.69) is 45.5 Å². The second-order valence-electron chi connectivity index (χ2n) is 7.98. The number of allylic oxidation sites excluding steroid dienone is 1. The van der Waals surface area contributed by atoms with Gasteiger partial charge in [0.25, 0.3) is 10.0 Å². The van der Waals surface area contributed by atoms with Gasteiger partial charge in [-0.05, 0) is 72.3 Å². The van der Waals surface area contributed by atoms with Crippen molar-refractivity contribution in [2.75, 3.05) is 4.31 Å². The highest BCUT2D eigenvalue weighted by atomic mass is 127. The lowest BCUT2D eigenvalue weighted by Crippen LogP contribution is -2.26. The Kier molecular flexibility index (Phi) is 6.44. The minimum atomic E-state index is -3.76. The first-order valence-corrected chi connectivity index (χ1v) is 12.8. The zero-order valence-corrected chi connectivity index (χ0v) is 21.3. The number of rotatable bonds is 6. The molecule has 0 atom stereocenters. The van der Waals surface area contributed by atoms with Gasteiger partial charge in [-0.1, -0.05) is 53.6 Å². The largest absolute Gasteiger partial charge is 0.350 e. The fourth-order valence-corrected chi connectivity index (χ4v) is 5.97. The van der Waals surface area contributed by atoms with Gasteiger partial charge in [0.1, 0.15) is 0 Å². The zero-order chi connectivity index (χ0) is 22.9. The van der Waals surface area contributed by atoms with E-state index in [0.29, 0.717) is 12.1 Å². The number of nitrogens with zero attached hydrogens (tertiary/aromatic N) is 2. The van der Waals surface area contributed by atoms with Gasteiger partial charge in [-0.25, -0.2) is 12.7 Å². The van der Waals surface area contributed by atoms with Gasteiger partial charge >= 0.3 is 0 Å². The van der Waals surface area contributed by atoms with Crippen LogP contribution in [0.15, 0.2) is 93.7 Å². The van der Waals surface area contributed by atoms with Crippen LogP contribution in [0, 0.1) is 13.8 Å². The number of fused-ring (bicyclic) bond motifs is 1. The second-order valence-corrected chi connectivity index (χ2v) is 11.2. The molecule has 0 unspecified atom stereocenters. The number of halogens is 1. The average Bonchev–Trinajstić information content (AvgIpc) is 3.08. The van der Waals surface area contributed by atoms with E-state index in [9.17, 15) is 8.42 Å². The van der Waals surface area contributed by atoms with Gasteiger partial charge in [0, 0.05) is 40.3 Å². The molecule has 0 saturated heterocycles. The molecule has 32 heavy (non-hydrogen) atoms. The summed E-state index contributed by atoms with van der Waals surface area (Å²) in [5, 5.41) is 1.18. The molecule has 6 heteroatoms. The Morgan fingerprint density at radius 1 is 0.938 bits per heavy atom. The van der Waals surface area contributed by atoms with E-state index in [4.69, 9.17) is 0 Å². The molecule has 0 bridgehead atoms. The Hall–Kier alpha value is -2.58. The fraction of sp³-hybridized carbons (Fsp3) is 0.154. The van der Waals surface area contributed by atoms with Gasteiger partial charge in [-0.2, -0.15) is 0 Å². The predicted molar refractivity (Wildman–Crippen MR) is 141 cm³/mol. The molecule has 0 aliphatic rings. The topological polar surface area (TPSA) is 42.3 Å². The van der Waals surface area contributed by atoms with E-state index >= 15 is 0 Å². The molecule has 0 spiro atoms. The highest BCUT2D eigenvalue weighted by Gasteiger charge is 2.24. The van der Waals surface area contributed by atoms with Crippen LogP contribution in [0.4, 0.5) is 5.69 Å². The molecule has 0 radical (unpaired) electrons. The lowest BCUT2D eigenvalue weighted by atomic mass is 10.1. The van der Waals surface area contributed by atoms with Crippen molar-refractivity contribution in [1.29, 1.82) is 0 Å². The molecule has 0 fully saturated rings. The van der Waals surface area contributed by atoms with Crippen molar-refractivity contribution in [3.05, 3.63) is 105 Å². The van der Waals surface area contributed by atoms with Crippen LogP contribution in [0.25, 0.3) is 10.9 Å². The van der Waals surface area contributed by atoms with E-state index in [1.54, 1.807) is 18.3 Å². The third-order valence-corrected chi connectivity index (χ3v) is 7.82. The van der Waals surface area contributed by atoms with E-state index < -0.39 is 10.0 Å². The molecular weight excluding hydrogens is 531 g/mol. The number of benzene rings is 3. The Balaban J connectivity index is 1.76. The summed E-state index contributed by atoms with van der Waals surface area (Å²) in [4.78, 5) is 0.272. The van der Waals surface area contributed by atoms with Crippen molar-refractivity contribution in [2.45, 2.75) is 25.2 Å². The number of hydrogen-bond donors (Lipinski definition) is 0. The maximum absolute atomic E-state index is 13.6. The molecule has 164 valence electrons. The van der Waals surface area contributed by atoms with Crippen LogP contribution in [-0.2, 0) is 23.5 Å². The molecule has 4 nitrogen and oxygen atoms in total. The summed E-state index contributed by atoms with van der Waals surface area (Å²) < 4.78 is 31.6. The maximum atomic E-state index is 13.6. The lowest BCUT2D eigenvalue weighted by Gasteiger charge is -2.22. The Morgan fingerprint density at radius 2 is 1.53 bits per heavy atom. The summed E-state index contributed by atoms with van der Waals surface area (Å²) in [5.74, 6) is 0. The SMILES string of the molecule is Cc1ccc(N(/C=C(\I)Cc2cn(C)c3ccccc23)S(=O)(=O)c2ccc(C)cc2)cc1. The second kappa shape index (κ2) is 9.11. The van der Waals surface area contributed by atoms with Crippen molar-refractivity contribution in [2.24, 2.45) is 7.05 Å². The van der Waals surface area contributed by atoms with Crippen LogP contribution in [-0.4, -0.2) is 13.0 Å². The van der Waals surface area contributed by atoms with Gasteiger partial charge in [0.2, 0.25) is 0 Å². The smallest absolute Gasteiger partial charge is 0.268 e. The molecule has 4 rings (SSSR count). The molecule has 4 aromatic rings. The van der Waals surface area contributed by atoms with Crippen molar-refractivity contribution < 1.29 is 8.42 Å². The van der Waals surface area contributed by atoms with E-state index in [1.807, 2.05) is 69.4 Å². The van der Waals surface area contributed by atoms with Gasteiger partial charge in [-0.15, -0.1) is 0 Å². The molecule has 3 aromatic carbocycles. The molecule has 1 aromatic heterocycles. The summed E-state index contributed by atoms with van der Waals surface area (Å²) in [6.07, 6.45) is 4.50. The molecule has 0 amide bonds. The van der Waals surface area contributed by atoms with Crippen LogP contribution < -0.4 is 4.31 Å². The van der Waals surface area contributed by atoms with E-state index in [-0.39, 0.29) is 4.90 Å². The number of anilines is 1. The normalized spacial score (nSPS) is 12.3. The number of para-hydroxylation sites is 1. The van der Waals surface area contributed by atoms with Crippen molar-refractivity contribution in [3.8, 4) is 0 Å². The summed E-state index contributed by atoms with van der Waals surface area (Å²) in [6.45, 7) is 3.93. The van der Waals surface area contributed by atoms with Gasteiger partial charge in [0.05, 0.1) is 10.6 Å². The number of sulfonamides is 1. The summed E-state index contributed by atoms with van der Waals surface area (Å²) in [7, 11) is -1.73. The third kappa shape index (κ3) is 4.61. The minimum Gasteiger partial charge on any atom is -0.350 e. The molecule has 0 aliphatic heterocycles. The van der Waals surface area contributed by atoms with Crippen LogP contribution >= 0.6 is 22.6 Å². The third-order valence-electron chi connectivity index (χ3n) is 5.46. The van der Waals surface area contributed by atoms with Crippen LogP contribution in [0.5, 0.6) is 0 Å². The monoisotopic (exact) mass is 556 g/mol. The molecule has 0 N–H and O–H groups in total. The standard InChI is InChI=1S/C26H25IN2O2S/c1-19-8-12-23(13-9-19)29(32(30,31)24-14-10-20(2)11-15-24)18-22(27)16-21-17-28(3)26-7-5-4-6-25(21)26/h4-15,17-18H,16H2,1-3H3/b22-18-. The first-order valence-electron chi connectivity index (χ1n) is 10.3. The molecule has 1 heterocycles. The van der Waals surface area contributed by atoms with Crippen molar-refractivity contribution >= 4 is 49.2 Å². The maximum Gasteiger partial charge on any atom is 0.268 e. The summed E-state index contributed by atoms with van der Waals surface area (Å²) in [5.41, 5.74) is 5.04. The quantitative estimate of drug-likeness (QED) is 0.254. The number of hydrogen-bond acceptors (Lipinski definition) is 2. The van der Waals surface area contributed by atoms with Gasteiger partial charge < -0.3 is 4.57 Å². The molecule has 0 aliphatic carbocycles. The van der Waals surface area contributed by atoms with Gasteiger partial charge in [-0.3, -0.25) is 0 Å². The summed E-state index contributed by atoms with van der Waals surface area (Å²) in [6, 6.07) is 22.8. The minimum absolute atomic E-state index is 0.272. The number of aromatic nitrogens is 1. The fourth-order valence-electron chi connectivity index (χ4n) is 3.72. The Bertz CT molecular complexity index is 1390. The Morgan fingerprint density at radius 3 is 2.19 bits per heavy atom. The lowest BCUT2D eigenvalue weighted by molar-refractivity contribution is 0.595. The summed E-state index contributed by atoms with van der Waals surface area (Å²) >= 11 is 2.25. The van der Waals surface area contributed by atoms with Crippen molar-refractivity contribution in [3.63, 3.8) is 0 Å². The zero-order valence-electron chi connectivity index (χ0n) is 18.3. The van der Waals surface area contributed by atoms with Crippen LogP contribution in [0.1, 0.15) is 16.7 Å². The van der Waals surface area contributed by atoms with E-state index in [1.165, 1.54) is 15.3 Å². The average molecular weight is 556 g/mol. The predicted octanol–water partition coefficient (Wildman–Crippen LogP) is 6.51. The van der Waals surface area contributed by atoms with Crippen LogP contribution in [0.3, 0.4) is 0 Å². The van der Waals surface area contributed by atoms with E-state index in [0.717, 1.165) is 20.2 Å². The first-order chi connectivity index (χ1) is 15.3. The molecule has 0 saturated carbocycles. The Labute approximate surface area is 203 Å². The van der Waals surface area contributed by atoms with Gasteiger partial charge in [0.15, 0.2) is 0 Å². The first kappa shape index (κ1) is 22.6. The highest BCUT2D eigenvalue weighted by molar-refractivity contribution is 14.1. The number of aryl methyl sites for hydroxylation is 3. The van der Waals surface area contributed by atoms with Crippen molar-refractivity contribution in [1.82, 2.24) is 4.57 Å². The van der Waals surface area contributed by atoms with Crippen LogP contribution in [0.2, 0.25) is 0 Å². The molecular formula is C26H25IN2O2S.